The van der Waals surface area contributed by atoms with Gasteiger partial charge in [0.15, 0.2) is 0 Å². The van der Waals surface area contributed by atoms with Crippen molar-refractivity contribution in [1.29, 1.82) is 0 Å². The normalized spacial score (nSPS) is 10.8. The van der Waals surface area contributed by atoms with Gasteiger partial charge in [0.05, 0.1) is 54.2 Å². The average Bonchev–Trinajstić information content (AvgIpc) is 2.93. The molecular weight excluding hydrogens is 540 g/mol. The van der Waals surface area contributed by atoms with Gasteiger partial charge >= 0.3 is 0 Å². The number of hydrogen-bond acceptors (Lipinski definition) is 6. The number of rotatable bonds is 7. The Morgan fingerprint density at radius 2 is 0.750 bits per heavy atom. The maximum absolute atomic E-state index is 11.0. The van der Waals surface area contributed by atoms with Gasteiger partial charge in [0, 0.05) is 20.9 Å². The maximum atomic E-state index is 11.0. The van der Waals surface area contributed by atoms with Crippen LogP contribution in [0.15, 0.2) is 119 Å². The van der Waals surface area contributed by atoms with Gasteiger partial charge in [-0.3, -0.25) is 8.97 Å². The molecule has 0 saturated carbocycles. The third-order valence-electron chi connectivity index (χ3n) is 5.50. The van der Waals surface area contributed by atoms with Crippen molar-refractivity contribution in [3.63, 3.8) is 0 Å². The summed E-state index contributed by atoms with van der Waals surface area (Å²) in [6.07, 6.45) is 0. The van der Waals surface area contributed by atoms with Crippen molar-refractivity contribution in [1.82, 2.24) is 8.97 Å². The van der Waals surface area contributed by atoms with Gasteiger partial charge in [-0.15, -0.1) is 0 Å². The lowest BCUT2D eigenvalue weighted by Crippen LogP contribution is -2.34. The predicted molar refractivity (Wildman–Crippen MR) is 165 cm³/mol. The highest BCUT2D eigenvalue weighted by atomic mass is 33.1. The van der Waals surface area contributed by atoms with Gasteiger partial charge in [0.2, 0.25) is 0 Å². The molecule has 0 fully saturated rings. The molecule has 4 aromatic carbocycles. The van der Waals surface area contributed by atoms with E-state index in [0.29, 0.717) is 9.79 Å². The van der Waals surface area contributed by atoms with Gasteiger partial charge < -0.3 is 19.8 Å². The molecule has 0 saturated heterocycles. The predicted octanol–water partition coefficient (Wildman–Crippen LogP) is 4.98. The highest BCUT2D eigenvalue weighted by Crippen LogP contribution is 2.40. The molecule has 0 bridgehead atoms. The molecule has 0 aliphatic carbocycles. The van der Waals surface area contributed by atoms with Crippen molar-refractivity contribution >= 4 is 44.9 Å². The Morgan fingerprint density at radius 3 is 1.00 bits per heavy atom. The van der Waals surface area contributed by atoms with E-state index < -0.39 is 11.9 Å². The van der Waals surface area contributed by atoms with Gasteiger partial charge in [-0.25, -0.2) is 0 Å². The van der Waals surface area contributed by atoms with Crippen LogP contribution in [0.4, 0.5) is 11.4 Å². The smallest absolute Gasteiger partial charge is 0.132 e. The van der Waals surface area contributed by atoms with Crippen LogP contribution in [-0.4, -0.2) is 54.2 Å². The summed E-state index contributed by atoms with van der Waals surface area (Å²) < 4.78 is 1.78. The summed E-state index contributed by atoms with van der Waals surface area (Å²) in [4.78, 5) is 23.0. The van der Waals surface area contributed by atoms with E-state index in [-0.39, 0.29) is 11.1 Å². The number of aromatic carboxylic acids is 2. The fraction of sp³-hybridized carbons (Fsp3) is 0.188. The summed E-state index contributed by atoms with van der Waals surface area (Å²) >= 11 is 0. The molecule has 0 amide bonds. The van der Waals surface area contributed by atoms with Crippen LogP contribution in [-0.2, 0) is 0 Å². The average molecular weight is 577 g/mol. The Hall–Kier alpha value is -3.56. The topological polar surface area (TPSA) is 80.3 Å². The Bertz CT molecular complexity index is 1260. The lowest BCUT2D eigenvalue weighted by molar-refractivity contribution is -0.256. The second kappa shape index (κ2) is 15.3. The molecule has 0 aliphatic rings. The van der Waals surface area contributed by atoms with Gasteiger partial charge in [-0.2, -0.15) is 0 Å². The van der Waals surface area contributed by atoms with Crippen LogP contribution in [0, 0.1) is 0 Å². The zero-order chi connectivity index (χ0) is 29.8. The molecule has 4 aromatic rings. The third kappa shape index (κ3) is 10.9. The standard InChI is InChI=1S/C14H10O4S2.2C9H14N/c15-13(16)9-5-1-3-7-11(9)19-20-12-8-4-2-6-10(12)14(17)18;2*1-10(2,3)9-7-5-4-6-8-9/h1-8H,(H,15,16)(H,17,18);2*4-8H,1-3H3/q;2*+1/p-2. The fourth-order valence-corrected chi connectivity index (χ4v) is 5.60. The molecule has 0 N–H and O–H groups in total. The number of nitrogens with zero attached hydrogens (tertiary/aromatic N) is 2. The van der Waals surface area contributed by atoms with Crippen molar-refractivity contribution in [2.75, 3.05) is 42.3 Å². The molecule has 0 heterocycles. The van der Waals surface area contributed by atoms with Crippen molar-refractivity contribution in [2.45, 2.75) is 9.79 Å². The van der Waals surface area contributed by atoms with E-state index >= 15 is 0 Å². The van der Waals surface area contributed by atoms with Crippen LogP contribution in [0.1, 0.15) is 20.7 Å². The number of para-hydroxylation sites is 2. The molecule has 4 rings (SSSR count). The number of carboxylic acid groups (broad SMARTS) is 2. The minimum atomic E-state index is -1.26. The molecular formula is C32H36N2O4S2. The van der Waals surface area contributed by atoms with Gasteiger partial charge in [-0.05, 0) is 36.4 Å². The first-order valence-electron chi connectivity index (χ1n) is 12.5. The van der Waals surface area contributed by atoms with Crippen LogP contribution < -0.4 is 19.2 Å². The Morgan fingerprint density at radius 1 is 0.475 bits per heavy atom. The highest BCUT2D eigenvalue weighted by molar-refractivity contribution is 8.76. The summed E-state index contributed by atoms with van der Waals surface area (Å²) in [5.41, 5.74) is 2.83. The second-order valence-electron chi connectivity index (χ2n) is 10.4. The molecule has 6 nitrogen and oxygen atoms in total. The third-order valence-corrected chi connectivity index (χ3v) is 7.98. The summed E-state index contributed by atoms with van der Waals surface area (Å²) in [5.74, 6) is -2.52. The van der Waals surface area contributed by atoms with E-state index in [1.807, 2.05) is 12.1 Å². The molecule has 0 spiro atoms. The van der Waals surface area contributed by atoms with E-state index in [0.717, 1.165) is 30.6 Å². The van der Waals surface area contributed by atoms with E-state index in [1.165, 1.54) is 23.5 Å². The Labute approximate surface area is 245 Å². The monoisotopic (exact) mass is 576 g/mol. The number of quaternary nitrogens is 2. The number of carbonyl (C=O) groups excluding carboxylic acids is 2. The quantitative estimate of drug-likeness (QED) is 0.228. The van der Waals surface area contributed by atoms with Crippen molar-refractivity contribution in [2.24, 2.45) is 0 Å². The highest BCUT2D eigenvalue weighted by Gasteiger charge is 2.10. The molecule has 0 aliphatic heterocycles. The van der Waals surface area contributed by atoms with Crippen LogP contribution >= 0.6 is 21.6 Å². The van der Waals surface area contributed by atoms with Crippen molar-refractivity contribution < 1.29 is 19.8 Å². The molecule has 210 valence electrons. The molecule has 0 unspecified atom stereocenters. The minimum Gasteiger partial charge on any atom is -0.545 e. The van der Waals surface area contributed by atoms with Gasteiger partial charge in [0.25, 0.3) is 0 Å². The molecule has 0 radical (unpaired) electrons. The zero-order valence-corrected chi connectivity index (χ0v) is 25.4. The van der Waals surface area contributed by atoms with E-state index in [9.17, 15) is 19.8 Å². The summed E-state index contributed by atoms with van der Waals surface area (Å²) in [6.45, 7) is 0. The zero-order valence-electron chi connectivity index (χ0n) is 23.7. The number of benzene rings is 4. The van der Waals surface area contributed by atoms with Crippen LogP contribution in [0.25, 0.3) is 0 Å². The van der Waals surface area contributed by atoms with Crippen molar-refractivity contribution in [3.05, 3.63) is 120 Å². The van der Waals surface area contributed by atoms with Gasteiger partial charge in [0.1, 0.15) is 11.4 Å². The number of carbonyl (C=O) groups is 2. The van der Waals surface area contributed by atoms with E-state index in [4.69, 9.17) is 0 Å². The lowest BCUT2D eigenvalue weighted by Gasteiger charge is -2.22. The first kappa shape index (κ1) is 32.7. The van der Waals surface area contributed by atoms with Crippen LogP contribution in [0.5, 0.6) is 0 Å². The minimum absolute atomic E-state index is 0.0796. The first-order valence-corrected chi connectivity index (χ1v) is 14.6. The van der Waals surface area contributed by atoms with E-state index in [1.54, 1.807) is 36.4 Å². The Balaban J connectivity index is 0.000000235. The lowest BCUT2D eigenvalue weighted by atomic mass is 10.2. The van der Waals surface area contributed by atoms with Gasteiger partial charge in [-0.1, -0.05) is 94.4 Å². The maximum Gasteiger partial charge on any atom is 0.132 e. The first-order chi connectivity index (χ1) is 18.8. The Kier molecular flexibility index (Phi) is 12.5. The number of hydrogen-bond donors (Lipinski definition) is 0. The van der Waals surface area contributed by atoms with Crippen LogP contribution in [0.2, 0.25) is 0 Å². The second-order valence-corrected chi connectivity index (χ2v) is 12.6. The SMILES string of the molecule is C[N+](C)(C)c1ccccc1.C[N+](C)(C)c1ccccc1.O=C([O-])c1ccccc1SSc1ccccc1C(=O)[O-]. The number of carboxylic acids is 2. The molecule has 0 aromatic heterocycles. The largest absolute Gasteiger partial charge is 0.545 e. The van der Waals surface area contributed by atoms with Crippen molar-refractivity contribution in [3.8, 4) is 0 Å². The fourth-order valence-electron chi connectivity index (χ4n) is 3.26. The molecule has 40 heavy (non-hydrogen) atoms. The summed E-state index contributed by atoms with van der Waals surface area (Å²) in [5, 5.41) is 21.9. The van der Waals surface area contributed by atoms with E-state index in [2.05, 4.69) is 90.8 Å². The van der Waals surface area contributed by atoms with Crippen LogP contribution in [0.3, 0.4) is 0 Å². The summed E-state index contributed by atoms with van der Waals surface area (Å²) in [6, 6.07) is 33.7. The molecule has 0 atom stereocenters. The molecule has 8 heteroatoms. The summed E-state index contributed by atoms with van der Waals surface area (Å²) in [7, 11) is 15.3.